The highest BCUT2D eigenvalue weighted by molar-refractivity contribution is 5.29. The van der Waals surface area contributed by atoms with Crippen LogP contribution in [0.1, 0.15) is 32.3 Å². The van der Waals surface area contributed by atoms with Crippen molar-refractivity contribution in [2.24, 2.45) is 5.92 Å². The fourth-order valence-corrected chi connectivity index (χ4v) is 2.13. The Morgan fingerprint density at radius 1 is 1.42 bits per heavy atom. The van der Waals surface area contributed by atoms with Gasteiger partial charge in [-0.05, 0) is 18.5 Å². The predicted molar refractivity (Wildman–Crippen MR) is 75.3 cm³/mol. The smallest absolute Gasteiger partial charge is 0.142 e. The molecule has 0 aliphatic carbocycles. The number of hydrogen-bond acceptors (Lipinski definition) is 4. The summed E-state index contributed by atoms with van der Waals surface area (Å²) in [5, 5.41) is 3.45. The summed E-state index contributed by atoms with van der Waals surface area (Å²) < 4.78 is 11.4. The third kappa shape index (κ3) is 4.80. The number of nitrogens with zero attached hydrogens (tertiary/aromatic N) is 1. The molecule has 0 atom stereocenters. The summed E-state index contributed by atoms with van der Waals surface area (Å²) >= 11 is 0. The molecule has 4 nitrogen and oxygen atoms in total. The standard InChI is InChI=1S/C15H24N2O2/c1-12(2)9-17-10-13-3-6-16-11-15(13)19-14-4-7-18-8-5-14/h3,6,11-12,14,17H,4-5,7-10H2,1-2H3. The predicted octanol–water partition coefficient (Wildman–Crippen LogP) is 2.39. The van der Waals surface area contributed by atoms with Crippen molar-refractivity contribution >= 4 is 0 Å². The van der Waals surface area contributed by atoms with Crippen LogP contribution in [0.15, 0.2) is 18.5 Å². The molecule has 0 amide bonds. The van der Waals surface area contributed by atoms with E-state index in [1.807, 2.05) is 18.5 Å². The third-order valence-electron chi connectivity index (χ3n) is 3.20. The molecule has 0 aromatic carbocycles. The van der Waals surface area contributed by atoms with E-state index in [1.54, 1.807) is 0 Å². The Morgan fingerprint density at radius 3 is 2.95 bits per heavy atom. The van der Waals surface area contributed by atoms with E-state index in [-0.39, 0.29) is 6.10 Å². The summed E-state index contributed by atoms with van der Waals surface area (Å²) in [6, 6.07) is 2.03. The molecule has 1 aromatic rings. The fourth-order valence-electron chi connectivity index (χ4n) is 2.13. The zero-order valence-electron chi connectivity index (χ0n) is 11.9. The largest absolute Gasteiger partial charge is 0.488 e. The van der Waals surface area contributed by atoms with Crippen LogP contribution in [-0.2, 0) is 11.3 Å². The van der Waals surface area contributed by atoms with Crippen molar-refractivity contribution in [1.29, 1.82) is 0 Å². The highest BCUT2D eigenvalue weighted by Gasteiger charge is 2.16. The lowest BCUT2D eigenvalue weighted by atomic mass is 10.1. The quantitative estimate of drug-likeness (QED) is 0.856. The lowest BCUT2D eigenvalue weighted by molar-refractivity contribution is 0.0250. The van der Waals surface area contributed by atoms with Gasteiger partial charge in [0.25, 0.3) is 0 Å². The molecule has 0 unspecified atom stereocenters. The Kier molecular flexibility index (Phi) is 5.61. The van der Waals surface area contributed by atoms with Crippen LogP contribution in [0.3, 0.4) is 0 Å². The van der Waals surface area contributed by atoms with Crippen LogP contribution in [0.25, 0.3) is 0 Å². The van der Waals surface area contributed by atoms with Crippen molar-refractivity contribution in [1.82, 2.24) is 10.3 Å². The molecular weight excluding hydrogens is 240 g/mol. The second-order valence-corrected chi connectivity index (χ2v) is 5.44. The number of aromatic nitrogens is 1. The lowest BCUT2D eigenvalue weighted by Gasteiger charge is -2.24. The van der Waals surface area contributed by atoms with Crippen molar-refractivity contribution in [2.45, 2.75) is 39.3 Å². The van der Waals surface area contributed by atoms with Crippen molar-refractivity contribution < 1.29 is 9.47 Å². The van der Waals surface area contributed by atoms with Crippen LogP contribution in [0, 0.1) is 5.92 Å². The van der Waals surface area contributed by atoms with Crippen molar-refractivity contribution in [3.63, 3.8) is 0 Å². The van der Waals surface area contributed by atoms with E-state index in [4.69, 9.17) is 9.47 Å². The Morgan fingerprint density at radius 2 is 2.21 bits per heavy atom. The maximum absolute atomic E-state index is 6.06. The van der Waals surface area contributed by atoms with Crippen LogP contribution in [-0.4, -0.2) is 30.8 Å². The molecule has 2 rings (SSSR count). The van der Waals surface area contributed by atoms with Crippen LogP contribution in [0.2, 0.25) is 0 Å². The molecule has 19 heavy (non-hydrogen) atoms. The Bertz CT molecular complexity index is 376. The minimum Gasteiger partial charge on any atom is -0.488 e. The minimum absolute atomic E-state index is 0.266. The van der Waals surface area contributed by atoms with Gasteiger partial charge < -0.3 is 14.8 Å². The molecule has 106 valence electrons. The Balaban J connectivity index is 1.91. The van der Waals surface area contributed by atoms with Crippen LogP contribution >= 0.6 is 0 Å². The highest BCUT2D eigenvalue weighted by Crippen LogP contribution is 2.21. The topological polar surface area (TPSA) is 43.4 Å². The summed E-state index contributed by atoms with van der Waals surface area (Å²) in [4.78, 5) is 4.17. The van der Waals surface area contributed by atoms with E-state index in [0.717, 1.165) is 44.9 Å². The molecule has 0 radical (unpaired) electrons. The van der Waals surface area contributed by atoms with E-state index in [1.165, 1.54) is 5.56 Å². The average Bonchev–Trinajstić information content (AvgIpc) is 2.41. The zero-order valence-corrected chi connectivity index (χ0v) is 11.9. The molecule has 1 saturated heterocycles. The molecule has 4 heteroatoms. The van der Waals surface area contributed by atoms with Crippen LogP contribution < -0.4 is 10.1 Å². The van der Waals surface area contributed by atoms with Gasteiger partial charge in [0.05, 0.1) is 19.4 Å². The van der Waals surface area contributed by atoms with Gasteiger partial charge in [-0.15, -0.1) is 0 Å². The van der Waals surface area contributed by atoms with Crippen molar-refractivity contribution in [3.05, 3.63) is 24.0 Å². The van der Waals surface area contributed by atoms with Gasteiger partial charge >= 0.3 is 0 Å². The van der Waals surface area contributed by atoms with Crippen molar-refractivity contribution in [3.8, 4) is 5.75 Å². The number of pyridine rings is 1. The van der Waals surface area contributed by atoms with Crippen molar-refractivity contribution in [2.75, 3.05) is 19.8 Å². The van der Waals surface area contributed by atoms with Crippen LogP contribution in [0.5, 0.6) is 5.75 Å². The van der Waals surface area contributed by atoms with Gasteiger partial charge in [-0.25, -0.2) is 0 Å². The third-order valence-corrected chi connectivity index (χ3v) is 3.20. The minimum atomic E-state index is 0.266. The molecule has 2 heterocycles. The molecule has 1 aliphatic heterocycles. The zero-order chi connectivity index (χ0) is 13.5. The molecule has 0 spiro atoms. The first kappa shape index (κ1) is 14.3. The number of hydrogen-bond donors (Lipinski definition) is 1. The molecule has 0 bridgehead atoms. The number of ether oxygens (including phenoxy) is 2. The van der Waals surface area contributed by atoms with Gasteiger partial charge in [0.15, 0.2) is 0 Å². The molecule has 1 aromatic heterocycles. The molecule has 0 saturated carbocycles. The van der Waals surface area contributed by atoms with Gasteiger partial charge in [-0.3, -0.25) is 4.98 Å². The Labute approximate surface area is 115 Å². The summed E-state index contributed by atoms with van der Waals surface area (Å²) in [5.41, 5.74) is 1.18. The summed E-state index contributed by atoms with van der Waals surface area (Å²) in [6.45, 7) is 7.86. The SMILES string of the molecule is CC(C)CNCc1ccncc1OC1CCOCC1. The molecule has 1 N–H and O–H groups in total. The average molecular weight is 264 g/mol. The number of nitrogens with one attached hydrogen (secondary N) is 1. The molecular formula is C15H24N2O2. The van der Waals surface area contributed by atoms with Crippen LogP contribution in [0.4, 0.5) is 0 Å². The van der Waals surface area contributed by atoms with Gasteiger partial charge in [0, 0.05) is 31.1 Å². The number of rotatable bonds is 6. The molecule has 1 fully saturated rings. The van der Waals surface area contributed by atoms with E-state index in [2.05, 4.69) is 24.1 Å². The summed E-state index contributed by atoms with van der Waals surface area (Å²) in [6.07, 6.45) is 5.84. The first-order valence-corrected chi connectivity index (χ1v) is 7.13. The molecule has 1 aliphatic rings. The van der Waals surface area contributed by atoms with Gasteiger partial charge in [-0.1, -0.05) is 13.8 Å². The maximum Gasteiger partial charge on any atom is 0.142 e. The van der Waals surface area contributed by atoms with Gasteiger partial charge in [0.1, 0.15) is 11.9 Å². The van der Waals surface area contributed by atoms with E-state index < -0.39 is 0 Å². The monoisotopic (exact) mass is 264 g/mol. The van der Waals surface area contributed by atoms with E-state index >= 15 is 0 Å². The fraction of sp³-hybridized carbons (Fsp3) is 0.667. The lowest BCUT2D eigenvalue weighted by Crippen LogP contribution is -2.27. The summed E-state index contributed by atoms with van der Waals surface area (Å²) in [5.74, 6) is 1.56. The first-order valence-electron chi connectivity index (χ1n) is 7.13. The highest BCUT2D eigenvalue weighted by atomic mass is 16.5. The van der Waals surface area contributed by atoms with E-state index in [9.17, 15) is 0 Å². The first-order chi connectivity index (χ1) is 9.25. The maximum atomic E-state index is 6.06. The second kappa shape index (κ2) is 7.46. The Hall–Kier alpha value is -1.13. The second-order valence-electron chi connectivity index (χ2n) is 5.44. The van der Waals surface area contributed by atoms with E-state index in [0.29, 0.717) is 5.92 Å². The normalized spacial score (nSPS) is 16.8. The van der Waals surface area contributed by atoms with Gasteiger partial charge in [0.2, 0.25) is 0 Å². The summed E-state index contributed by atoms with van der Waals surface area (Å²) in [7, 11) is 0. The van der Waals surface area contributed by atoms with Gasteiger partial charge in [-0.2, -0.15) is 0 Å².